The summed E-state index contributed by atoms with van der Waals surface area (Å²) in [5, 5.41) is 9.17. The minimum Gasteiger partial charge on any atom is -0.478 e. The molecule has 6 nitrogen and oxygen atoms in total. The van der Waals surface area contributed by atoms with Crippen LogP contribution in [0.15, 0.2) is 24.4 Å². The summed E-state index contributed by atoms with van der Waals surface area (Å²) in [6.07, 6.45) is 1.44. The zero-order valence-corrected chi connectivity index (χ0v) is 11.0. The van der Waals surface area contributed by atoms with Crippen molar-refractivity contribution in [3.63, 3.8) is 0 Å². The average molecular weight is 268 g/mol. The quantitative estimate of drug-likeness (QED) is 0.744. The first-order valence-corrected chi connectivity index (χ1v) is 6.09. The Morgan fingerprint density at radius 3 is 2.70 bits per heavy atom. The number of nitrogens with one attached hydrogen (secondary N) is 1. The van der Waals surface area contributed by atoms with Crippen LogP contribution < -0.4 is 0 Å². The molecule has 0 spiro atoms. The highest BCUT2D eigenvalue weighted by molar-refractivity contribution is 6.00. The Morgan fingerprint density at radius 1 is 1.20 bits per heavy atom. The summed E-state index contributed by atoms with van der Waals surface area (Å²) in [4.78, 5) is 27.0. The van der Waals surface area contributed by atoms with Gasteiger partial charge >= 0.3 is 5.97 Å². The first-order valence-electron chi connectivity index (χ1n) is 6.09. The lowest BCUT2D eigenvalue weighted by atomic mass is 10.2. The van der Waals surface area contributed by atoms with E-state index in [1.165, 1.54) is 12.3 Å². The van der Waals surface area contributed by atoms with Crippen LogP contribution in [-0.4, -0.2) is 31.0 Å². The molecule has 0 radical (unpaired) electrons. The Bertz CT molecular complexity index is 823. The SMILES string of the molecule is Cc1ccc(-c2nc3nccc(C(=O)O)c3[nH]2)c(C)n1. The molecule has 0 aliphatic carbocycles. The van der Waals surface area contributed by atoms with Gasteiger partial charge in [0.15, 0.2) is 5.65 Å². The lowest BCUT2D eigenvalue weighted by molar-refractivity contribution is 0.0698. The van der Waals surface area contributed by atoms with E-state index in [0.29, 0.717) is 17.0 Å². The Labute approximate surface area is 114 Å². The molecule has 0 saturated carbocycles. The van der Waals surface area contributed by atoms with Crippen LogP contribution >= 0.6 is 0 Å². The molecular weight excluding hydrogens is 256 g/mol. The normalized spacial score (nSPS) is 10.9. The van der Waals surface area contributed by atoms with Gasteiger partial charge in [0, 0.05) is 23.1 Å². The predicted molar refractivity (Wildman–Crippen MR) is 73.6 cm³/mol. The number of pyridine rings is 2. The number of aromatic carboxylic acids is 1. The third kappa shape index (κ3) is 1.91. The van der Waals surface area contributed by atoms with Crippen LogP contribution in [0.1, 0.15) is 21.7 Å². The van der Waals surface area contributed by atoms with Gasteiger partial charge in [-0.25, -0.2) is 14.8 Å². The van der Waals surface area contributed by atoms with Gasteiger partial charge < -0.3 is 10.1 Å². The van der Waals surface area contributed by atoms with Gasteiger partial charge in [-0.2, -0.15) is 0 Å². The third-order valence-electron chi connectivity index (χ3n) is 3.10. The van der Waals surface area contributed by atoms with Crippen LogP contribution in [0.5, 0.6) is 0 Å². The number of carboxylic acid groups (broad SMARTS) is 1. The van der Waals surface area contributed by atoms with E-state index in [-0.39, 0.29) is 5.56 Å². The number of hydrogen-bond acceptors (Lipinski definition) is 4. The maximum absolute atomic E-state index is 11.2. The molecule has 2 N–H and O–H groups in total. The molecule has 0 unspecified atom stereocenters. The summed E-state index contributed by atoms with van der Waals surface area (Å²) in [5.74, 6) is -0.433. The number of hydrogen-bond donors (Lipinski definition) is 2. The number of aromatic amines is 1. The summed E-state index contributed by atoms with van der Waals surface area (Å²) in [5.41, 5.74) is 3.57. The summed E-state index contributed by atoms with van der Waals surface area (Å²) in [6.45, 7) is 3.81. The number of H-pyrrole nitrogens is 1. The van der Waals surface area contributed by atoms with E-state index in [0.717, 1.165) is 17.0 Å². The second-order valence-electron chi connectivity index (χ2n) is 4.53. The lowest BCUT2D eigenvalue weighted by Crippen LogP contribution is -1.97. The Hall–Kier alpha value is -2.76. The van der Waals surface area contributed by atoms with E-state index < -0.39 is 5.97 Å². The fraction of sp³-hybridized carbons (Fsp3) is 0.143. The summed E-state index contributed by atoms with van der Waals surface area (Å²) in [7, 11) is 0. The second-order valence-corrected chi connectivity index (χ2v) is 4.53. The minimum atomic E-state index is -1.01. The number of aromatic nitrogens is 4. The molecule has 6 heteroatoms. The molecule has 3 heterocycles. The standard InChI is InChI=1S/C14H12N4O2/c1-7-3-4-9(8(2)16-7)12-17-11-10(14(19)20)5-6-15-13(11)18-12/h3-6H,1-2H3,(H,19,20)(H,15,17,18). The van der Waals surface area contributed by atoms with Crippen molar-refractivity contribution >= 4 is 17.1 Å². The lowest BCUT2D eigenvalue weighted by Gasteiger charge is -2.02. The molecule has 0 atom stereocenters. The van der Waals surface area contributed by atoms with Gasteiger partial charge in [0.2, 0.25) is 0 Å². The molecule has 0 aliphatic rings. The minimum absolute atomic E-state index is 0.159. The number of aryl methyl sites for hydroxylation is 2. The van der Waals surface area contributed by atoms with Crippen LogP contribution in [0, 0.1) is 13.8 Å². The van der Waals surface area contributed by atoms with Crippen molar-refractivity contribution in [1.29, 1.82) is 0 Å². The number of imidazole rings is 1. The van der Waals surface area contributed by atoms with Gasteiger partial charge in [-0.3, -0.25) is 4.98 Å². The van der Waals surface area contributed by atoms with Gasteiger partial charge in [0.1, 0.15) is 5.82 Å². The molecule has 0 aliphatic heterocycles. The number of rotatable bonds is 2. The topological polar surface area (TPSA) is 91.8 Å². The number of carboxylic acids is 1. The first-order chi connectivity index (χ1) is 9.56. The third-order valence-corrected chi connectivity index (χ3v) is 3.10. The predicted octanol–water partition coefficient (Wildman–Crippen LogP) is 2.33. The molecule has 0 fully saturated rings. The van der Waals surface area contributed by atoms with Crippen LogP contribution in [0.25, 0.3) is 22.6 Å². The van der Waals surface area contributed by atoms with E-state index in [4.69, 9.17) is 5.11 Å². The number of nitrogens with zero attached hydrogens (tertiary/aromatic N) is 3. The maximum Gasteiger partial charge on any atom is 0.338 e. The van der Waals surface area contributed by atoms with Gasteiger partial charge in [-0.05, 0) is 32.0 Å². The van der Waals surface area contributed by atoms with Gasteiger partial charge in [0.25, 0.3) is 0 Å². The Balaban J connectivity index is 2.23. The average Bonchev–Trinajstić information content (AvgIpc) is 2.81. The zero-order valence-electron chi connectivity index (χ0n) is 11.0. The van der Waals surface area contributed by atoms with E-state index >= 15 is 0 Å². The van der Waals surface area contributed by atoms with Crippen molar-refractivity contribution in [3.05, 3.63) is 41.3 Å². The van der Waals surface area contributed by atoms with E-state index in [1.807, 2.05) is 26.0 Å². The van der Waals surface area contributed by atoms with Crippen LogP contribution in [0.2, 0.25) is 0 Å². The summed E-state index contributed by atoms with van der Waals surface area (Å²) < 4.78 is 0. The van der Waals surface area contributed by atoms with Crippen molar-refractivity contribution in [3.8, 4) is 11.4 Å². The highest BCUT2D eigenvalue weighted by Crippen LogP contribution is 2.23. The molecule has 20 heavy (non-hydrogen) atoms. The maximum atomic E-state index is 11.2. The molecule has 3 aromatic rings. The van der Waals surface area contributed by atoms with Crippen molar-refractivity contribution in [1.82, 2.24) is 19.9 Å². The molecule has 100 valence electrons. The molecule has 0 aromatic carbocycles. The second kappa shape index (κ2) is 4.41. The zero-order chi connectivity index (χ0) is 14.3. The highest BCUT2D eigenvalue weighted by atomic mass is 16.4. The molecule has 0 bridgehead atoms. The number of carbonyl (C=O) groups is 1. The summed E-state index contributed by atoms with van der Waals surface area (Å²) >= 11 is 0. The number of fused-ring (bicyclic) bond motifs is 1. The molecular formula is C14H12N4O2. The van der Waals surface area contributed by atoms with Crippen LogP contribution in [-0.2, 0) is 0 Å². The fourth-order valence-corrected chi connectivity index (χ4v) is 2.15. The van der Waals surface area contributed by atoms with Crippen LogP contribution in [0.4, 0.5) is 0 Å². The van der Waals surface area contributed by atoms with E-state index in [2.05, 4.69) is 19.9 Å². The van der Waals surface area contributed by atoms with Crippen molar-refractivity contribution in [2.24, 2.45) is 0 Å². The summed E-state index contributed by atoms with van der Waals surface area (Å²) in [6, 6.07) is 5.25. The van der Waals surface area contributed by atoms with Crippen molar-refractivity contribution < 1.29 is 9.90 Å². The van der Waals surface area contributed by atoms with E-state index in [1.54, 1.807) is 0 Å². The van der Waals surface area contributed by atoms with Crippen molar-refractivity contribution in [2.45, 2.75) is 13.8 Å². The molecule has 0 saturated heterocycles. The highest BCUT2D eigenvalue weighted by Gasteiger charge is 2.15. The first kappa shape index (κ1) is 12.3. The largest absolute Gasteiger partial charge is 0.478 e. The smallest absolute Gasteiger partial charge is 0.338 e. The molecule has 3 aromatic heterocycles. The molecule has 3 rings (SSSR count). The Kier molecular flexibility index (Phi) is 2.71. The molecule has 0 amide bonds. The van der Waals surface area contributed by atoms with Crippen molar-refractivity contribution in [2.75, 3.05) is 0 Å². The van der Waals surface area contributed by atoms with Gasteiger partial charge in [-0.1, -0.05) is 0 Å². The van der Waals surface area contributed by atoms with Crippen LogP contribution in [0.3, 0.4) is 0 Å². The Morgan fingerprint density at radius 2 is 2.00 bits per heavy atom. The van der Waals surface area contributed by atoms with E-state index in [9.17, 15) is 4.79 Å². The van der Waals surface area contributed by atoms with Gasteiger partial charge in [0.05, 0.1) is 11.1 Å². The van der Waals surface area contributed by atoms with Gasteiger partial charge in [-0.15, -0.1) is 0 Å². The monoisotopic (exact) mass is 268 g/mol. The fourth-order valence-electron chi connectivity index (χ4n) is 2.15.